The highest BCUT2D eigenvalue weighted by Gasteiger charge is 2.26. The van der Waals surface area contributed by atoms with Gasteiger partial charge >= 0.3 is 0 Å². The van der Waals surface area contributed by atoms with Gasteiger partial charge in [-0.05, 0) is 51.3 Å². The molecule has 184 valence electrons. The van der Waals surface area contributed by atoms with Gasteiger partial charge in [-0.2, -0.15) is 5.10 Å². The third-order valence-corrected chi connectivity index (χ3v) is 6.50. The van der Waals surface area contributed by atoms with Crippen LogP contribution in [0.1, 0.15) is 52.9 Å². The molecule has 1 aromatic carbocycles. The maximum absolute atomic E-state index is 12.3. The molecule has 0 saturated carbocycles. The first kappa shape index (κ1) is 25.1. The zero-order valence-corrected chi connectivity index (χ0v) is 21.9. The monoisotopic (exact) mass is 502 g/mol. The Kier molecular flexibility index (Phi) is 6.95. The first-order valence-corrected chi connectivity index (χ1v) is 11.9. The Balaban J connectivity index is 1.92. The molecular weight excluding hydrogens is 476 g/mol. The Morgan fingerprint density at radius 2 is 2.00 bits per heavy atom. The van der Waals surface area contributed by atoms with Crippen molar-refractivity contribution in [3.63, 3.8) is 0 Å². The summed E-state index contributed by atoms with van der Waals surface area (Å²) in [6.07, 6.45) is 8.92. The van der Waals surface area contributed by atoms with Crippen LogP contribution in [0.2, 0.25) is 5.02 Å². The summed E-state index contributed by atoms with van der Waals surface area (Å²) in [7, 11) is 3.38. The minimum Gasteiger partial charge on any atom is -0.493 e. The van der Waals surface area contributed by atoms with Crippen molar-refractivity contribution in [3.8, 4) is 29.2 Å². The second kappa shape index (κ2) is 9.96. The molecule has 0 saturated heterocycles. The molecule has 0 aliphatic carbocycles. The predicted octanol–water partition coefficient (Wildman–Crippen LogP) is 4.85. The molecule has 9 heteroatoms. The highest BCUT2D eigenvalue weighted by Crippen LogP contribution is 2.43. The number of terminal acetylenes is 1. The van der Waals surface area contributed by atoms with Gasteiger partial charge in [0, 0.05) is 42.0 Å². The Bertz CT molecular complexity index is 1500. The zero-order chi connectivity index (χ0) is 26.1. The Labute approximate surface area is 215 Å². The number of pyridine rings is 1. The van der Waals surface area contributed by atoms with Crippen LogP contribution in [0.4, 0.5) is 0 Å². The van der Waals surface area contributed by atoms with E-state index in [9.17, 15) is 4.79 Å². The van der Waals surface area contributed by atoms with Gasteiger partial charge in [-0.1, -0.05) is 17.7 Å². The van der Waals surface area contributed by atoms with Crippen LogP contribution in [0.25, 0.3) is 22.2 Å². The summed E-state index contributed by atoms with van der Waals surface area (Å²) in [6, 6.07) is 5.14. The number of fused-ring (bicyclic) bond motifs is 1. The summed E-state index contributed by atoms with van der Waals surface area (Å²) in [6.45, 7) is 8.18. The molecule has 4 rings (SSSR count). The molecule has 3 heterocycles. The summed E-state index contributed by atoms with van der Waals surface area (Å²) in [4.78, 5) is 27.0. The van der Waals surface area contributed by atoms with Crippen LogP contribution < -0.4 is 4.74 Å². The molecule has 0 aliphatic heterocycles. The average molecular weight is 503 g/mol. The summed E-state index contributed by atoms with van der Waals surface area (Å²) in [5.41, 5.74) is 5.50. The first-order valence-electron chi connectivity index (χ1n) is 11.5. The van der Waals surface area contributed by atoms with E-state index in [1.165, 1.54) is 11.2 Å². The number of nitrogens with zero attached hydrogens (tertiary/aromatic N) is 6. The van der Waals surface area contributed by atoms with E-state index in [-0.39, 0.29) is 11.9 Å². The topological polar surface area (TPSA) is 86.0 Å². The number of carbonyl (C=O) groups excluding carboxylic acids is 1. The number of rotatable bonds is 6. The third-order valence-electron chi connectivity index (χ3n) is 6.10. The van der Waals surface area contributed by atoms with E-state index in [1.807, 2.05) is 39.8 Å². The van der Waals surface area contributed by atoms with Gasteiger partial charge in [0.15, 0.2) is 5.65 Å². The number of ether oxygens (including phenoxy) is 1. The van der Waals surface area contributed by atoms with E-state index in [2.05, 4.69) is 26.0 Å². The molecule has 0 N–H and O–H groups in total. The number of aromatic nitrogens is 5. The highest BCUT2D eigenvalue weighted by molar-refractivity contribution is 6.32. The number of carbonyl (C=O) groups is 1. The normalized spacial score (nSPS) is 11.8. The lowest BCUT2D eigenvalue weighted by atomic mass is 9.94. The Hall–Kier alpha value is -3.96. The largest absolute Gasteiger partial charge is 0.493 e. The van der Waals surface area contributed by atoms with Crippen molar-refractivity contribution in [1.82, 2.24) is 29.6 Å². The number of hydrogen-bond donors (Lipinski definition) is 0. The van der Waals surface area contributed by atoms with Gasteiger partial charge in [0.1, 0.15) is 23.5 Å². The van der Waals surface area contributed by atoms with Crippen molar-refractivity contribution in [3.05, 3.63) is 64.0 Å². The summed E-state index contributed by atoms with van der Waals surface area (Å²) in [5, 5.41) is 5.99. The molecule has 4 aromatic rings. The van der Waals surface area contributed by atoms with Crippen molar-refractivity contribution in [1.29, 1.82) is 0 Å². The van der Waals surface area contributed by atoms with Crippen LogP contribution in [0.5, 0.6) is 5.75 Å². The van der Waals surface area contributed by atoms with Crippen LogP contribution in [-0.2, 0) is 0 Å². The number of benzene rings is 1. The molecule has 0 radical (unpaired) electrons. The maximum atomic E-state index is 12.3. The van der Waals surface area contributed by atoms with Crippen molar-refractivity contribution in [2.75, 3.05) is 20.7 Å². The third kappa shape index (κ3) is 4.27. The molecule has 1 amide bonds. The van der Waals surface area contributed by atoms with Gasteiger partial charge in [0.25, 0.3) is 5.91 Å². The Morgan fingerprint density at radius 3 is 2.61 bits per heavy atom. The minimum atomic E-state index is -0.315. The molecular formula is C27H27ClN6O2. The zero-order valence-electron chi connectivity index (χ0n) is 21.1. The van der Waals surface area contributed by atoms with E-state index in [0.29, 0.717) is 34.4 Å². The average Bonchev–Trinajstić information content (AvgIpc) is 3.26. The van der Waals surface area contributed by atoms with Crippen molar-refractivity contribution < 1.29 is 9.53 Å². The molecule has 0 spiro atoms. The molecule has 8 nitrogen and oxygen atoms in total. The van der Waals surface area contributed by atoms with E-state index in [4.69, 9.17) is 22.8 Å². The second-order valence-electron chi connectivity index (χ2n) is 8.61. The lowest BCUT2D eigenvalue weighted by molar-refractivity contribution is 0.0822. The van der Waals surface area contributed by atoms with E-state index >= 15 is 0 Å². The fourth-order valence-electron chi connectivity index (χ4n) is 4.22. The standard InChI is InChI=1S/C27H27ClN6O2/c1-8-21-24-16(4)30-14-31-26(24)34(32-21)17(5)19-12-20(28)15(3)23(25(19)36-9-2)18-10-11-22(29-13-18)27(35)33(6)7/h1,10-14,17H,9H2,2-7H3. The first-order chi connectivity index (χ1) is 17.2. The SMILES string of the molecule is C#Cc1nn(C(C)c2cc(Cl)c(C)c(-c3ccc(C(=O)N(C)C)nc3)c2OCC)c2ncnc(C)c12. The number of hydrogen-bond acceptors (Lipinski definition) is 6. The van der Waals surface area contributed by atoms with Gasteiger partial charge in [0.05, 0.1) is 23.7 Å². The second-order valence-corrected chi connectivity index (χ2v) is 9.02. The van der Waals surface area contributed by atoms with Crippen molar-refractivity contribution in [2.45, 2.75) is 33.7 Å². The Morgan fingerprint density at radius 1 is 1.25 bits per heavy atom. The summed E-state index contributed by atoms with van der Waals surface area (Å²) in [5.74, 6) is 3.14. The lowest BCUT2D eigenvalue weighted by Crippen LogP contribution is -2.22. The quantitative estimate of drug-likeness (QED) is 0.350. The van der Waals surface area contributed by atoms with Crippen molar-refractivity contribution in [2.24, 2.45) is 0 Å². The minimum absolute atomic E-state index is 0.170. The predicted molar refractivity (Wildman–Crippen MR) is 140 cm³/mol. The molecule has 36 heavy (non-hydrogen) atoms. The fraction of sp³-hybridized carbons (Fsp3) is 0.296. The van der Waals surface area contributed by atoms with E-state index in [0.717, 1.165) is 33.3 Å². The van der Waals surface area contributed by atoms with Gasteiger partial charge in [-0.15, -0.1) is 6.42 Å². The van der Waals surface area contributed by atoms with Crippen molar-refractivity contribution >= 4 is 28.5 Å². The van der Waals surface area contributed by atoms with Gasteiger partial charge < -0.3 is 9.64 Å². The maximum Gasteiger partial charge on any atom is 0.271 e. The number of amides is 1. The number of halogens is 1. The van der Waals surface area contributed by atoms with Gasteiger partial charge in [0.2, 0.25) is 0 Å². The summed E-state index contributed by atoms with van der Waals surface area (Å²) >= 11 is 6.75. The molecule has 0 aliphatic rings. The van der Waals surface area contributed by atoms with Crippen LogP contribution in [0.15, 0.2) is 30.7 Å². The highest BCUT2D eigenvalue weighted by atomic mass is 35.5. The van der Waals surface area contributed by atoms with Crippen LogP contribution in [0, 0.1) is 26.2 Å². The summed E-state index contributed by atoms with van der Waals surface area (Å²) < 4.78 is 7.99. The fourth-order valence-corrected chi connectivity index (χ4v) is 4.43. The lowest BCUT2D eigenvalue weighted by Gasteiger charge is -2.23. The van der Waals surface area contributed by atoms with E-state index < -0.39 is 0 Å². The molecule has 3 aromatic heterocycles. The molecule has 1 atom stereocenters. The van der Waals surface area contributed by atoms with Crippen LogP contribution >= 0.6 is 11.6 Å². The smallest absolute Gasteiger partial charge is 0.271 e. The van der Waals surface area contributed by atoms with Crippen LogP contribution in [0.3, 0.4) is 0 Å². The molecule has 1 unspecified atom stereocenters. The molecule has 0 fully saturated rings. The molecule has 0 bridgehead atoms. The van der Waals surface area contributed by atoms with Gasteiger partial charge in [-0.3, -0.25) is 9.78 Å². The number of aryl methyl sites for hydroxylation is 1. The van der Waals surface area contributed by atoms with Crippen LogP contribution in [-0.4, -0.2) is 56.2 Å². The van der Waals surface area contributed by atoms with Gasteiger partial charge in [-0.25, -0.2) is 14.6 Å². The van der Waals surface area contributed by atoms with E-state index in [1.54, 1.807) is 31.0 Å².